The molecule has 5 heteroatoms. The Balaban J connectivity index is 2.86. The molecule has 0 aliphatic carbocycles. The normalized spacial score (nSPS) is 12.6. The van der Waals surface area contributed by atoms with Crippen LogP contribution in [0.25, 0.3) is 0 Å². The predicted octanol–water partition coefficient (Wildman–Crippen LogP) is 4.09. The minimum atomic E-state index is -0.418. The zero-order chi connectivity index (χ0) is 15.3. The van der Waals surface area contributed by atoms with E-state index in [1.165, 1.54) is 6.07 Å². The molecule has 1 atom stereocenters. The predicted molar refractivity (Wildman–Crippen MR) is 81.4 cm³/mol. The van der Waals surface area contributed by atoms with E-state index in [2.05, 4.69) is 26.1 Å². The van der Waals surface area contributed by atoms with Crippen LogP contribution in [0.2, 0.25) is 0 Å². The highest BCUT2D eigenvalue weighted by atomic mass is 16.6. The van der Waals surface area contributed by atoms with E-state index in [1.54, 1.807) is 12.1 Å². The molecule has 112 valence electrons. The van der Waals surface area contributed by atoms with Gasteiger partial charge >= 0.3 is 5.69 Å². The van der Waals surface area contributed by atoms with Crippen molar-refractivity contribution in [3.63, 3.8) is 0 Å². The summed E-state index contributed by atoms with van der Waals surface area (Å²) in [6.45, 7) is 11.1. The van der Waals surface area contributed by atoms with Gasteiger partial charge in [-0.1, -0.05) is 20.8 Å². The molecule has 0 aliphatic heterocycles. The van der Waals surface area contributed by atoms with Crippen molar-refractivity contribution in [2.45, 2.75) is 40.7 Å². The van der Waals surface area contributed by atoms with Gasteiger partial charge in [0.25, 0.3) is 0 Å². The standard InChI is InChI=1S/C15H24N2O3/c1-10(2)12(5)9-16-13-6-7-14(17(18)19)15(8-13)20-11(3)4/h6-8,10-12,16H,9H2,1-5H3. The molecular formula is C15H24N2O3. The Hall–Kier alpha value is -1.78. The second-order valence-electron chi connectivity index (χ2n) is 5.71. The topological polar surface area (TPSA) is 64.4 Å². The summed E-state index contributed by atoms with van der Waals surface area (Å²) in [5.41, 5.74) is 0.847. The molecule has 1 aromatic rings. The zero-order valence-corrected chi connectivity index (χ0v) is 12.8. The zero-order valence-electron chi connectivity index (χ0n) is 12.8. The Morgan fingerprint density at radius 1 is 1.25 bits per heavy atom. The van der Waals surface area contributed by atoms with Crippen LogP contribution in [-0.2, 0) is 0 Å². The first-order valence-corrected chi connectivity index (χ1v) is 7.00. The van der Waals surface area contributed by atoms with Crippen LogP contribution in [0.1, 0.15) is 34.6 Å². The van der Waals surface area contributed by atoms with Gasteiger partial charge in [0.05, 0.1) is 11.0 Å². The molecule has 1 unspecified atom stereocenters. The quantitative estimate of drug-likeness (QED) is 0.603. The smallest absolute Gasteiger partial charge is 0.311 e. The lowest BCUT2D eigenvalue weighted by molar-refractivity contribution is -0.386. The van der Waals surface area contributed by atoms with Gasteiger partial charge in [-0.05, 0) is 31.7 Å². The molecule has 0 saturated heterocycles. The van der Waals surface area contributed by atoms with Gasteiger partial charge in [-0.25, -0.2) is 0 Å². The summed E-state index contributed by atoms with van der Waals surface area (Å²) in [6, 6.07) is 4.91. The number of anilines is 1. The fourth-order valence-electron chi connectivity index (χ4n) is 1.64. The van der Waals surface area contributed by atoms with E-state index in [-0.39, 0.29) is 11.8 Å². The number of nitrogens with zero attached hydrogens (tertiary/aromatic N) is 1. The van der Waals surface area contributed by atoms with Crippen molar-refractivity contribution in [2.24, 2.45) is 11.8 Å². The van der Waals surface area contributed by atoms with Gasteiger partial charge in [-0.15, -0.1) is 0 Å². The summed E-state index contributed by atoms with van der Waals surface area (Å²) in [5, 5.41) is 14.3. The Morgan fingerprint density at radius 3 is 2.40 bits per heavy atom. The Bertz CT molecular complexity index is 458. The molecule has 0 aliphatic rings. The van der Waals surface area contributed by atoms with Gasteiger partial charge in [0.2, 0.25) is 0 Å². The molecule has 0 saturated carbocycles. The molecule has 5 nitrogen and oxygen atoms in total. The van der Waals surface area contributed by atoms with Gasteiger partial charge in [-0.2, -0.15) is 0 Å². The number of hydrogen-bond donors (Lipinski definition) is 1. The first-order valence-electron chi connectivity index (χ1n) is 7.00. The Labute approximate surface area is 120 Å². The Kier molecular flexibility index (Phi) is 5.80. The molecule has 1 rings (SSSR count). The summed E-state index contributed by atoms with van der Waals surface area (Å²) >= 11 is 0. The third-order valence-corrected chi connectivity index (χ3v) is 3.29. The number of ether oxygens (including phenoxy) is 1. The van der Waals surface area contributed by atoms with E-state index in [9.17, 15) is 10.1 Å². The summed E-state index contributed by atoms with van der Waals surface area (Å²) in [6.07, 6.45) is -0.0986. The maximum atomic E-state index is 11.0. The van der Waals surface area contributed by atoms with Crippen molar-refractivity contribution in [1.82, 2.24) is 0 Å². The molecular weight excluding hydrogens is 256 g/mol. The first kappa shape index (κ1) is 16.3. The number of nitro benzene ring substituents is 1. The maximum Gasteiger partial charge on any atom is 0.311 e. The van der Waals surface area contributed by atoms with E-state index >= 15 is 0 Å². The highest BCUT2D eigenvalue weighted by molar-refractivity contribution is 5.58. The van der Waals surface area contributed by atoms with Crippen molar-refractivity contribution < 1.29 is 9.66 Å². The molecule has 0 heterocycles. The van der Waals surface area contributed by atoms with Crippen molar-refractivity contribution in [2.75, 3.05) is 11.9 Å². The second kappa shape index (κ2) is 7.12. The van der Waals surface area contributed by atoms with Crippen LogP contribution in [0.5, 0.6) is 5.75 Å². The third kappa shape index (κ3) is 4.72. The van der Waals surface area contributed by atoms with Crippen molar-refractivity contribution >= 4 is 11.4 Å². The average Bonchev–Trinajstić information content (AvgIpc) is 2.34. The summed E-state index contributed by atoms with van der Waals surface area (Å²) in [5.74, 6) is 1.43. The minimum Gasteiger partial charge on any atom is -0.484 e. The van der Waals surface area contributed by atoms with Crippen molar-refractivity contribution in [3.05, 3.63) is 28.3 Å². The monoisotopic (exact) mass is 280 g/mol. The maximum absolute atomic E-state index is 11.0. The fraction of sp³-hybridized carbons (Fsp3) is 0.600. The van der Waals surface area contributed by atoms with E-state index in [0.717, 1.165) is 12.2 Å². The Morgan fingerprint density at radius 2 is 1.90 bits per heavy atom. The minimum absolute atomic E-state index is 0.00107. The number of benzene rings is 1. The van der Waals surface area contributed by atoms with Gasteiger partial charge in [0.15, 0.2) is 5.75 Å². The van der Waals surface area contributed by atoms with Crippen molar-refractivity contribution in [1.29, 1.82) is 0 Å². The average molecular weight is 280 g/mol. The van der Waals surface area contributed by atoms with Crippen LogP contribution in [0, 0.1) is 22.0 Å². The molecule has 0 spiro atoms. The van der Waals surface area contributed by atoms with E-state index in [4.69, 9.17) is 4.74 Å². The molecule has 0 amide bonds. The van der Waals surface area contributed by atoms with E-state index in [1.807, 2.05) is 13.8 Å². The van der Waals surface area contributed by atoms with E-state index < -0.39 is 4.92 Å². The van der Waals surface area contributed by atoms with Gasteiger partial charge < -0.3 is 10.1 Å². The van der Waals surface area contributed by atoms with Crippen LogP contribution < -0.4 is 10.1 Å². The molecule has 0 fully saturated rings. The van der Waals surface area contributed by atoms with Crippen LogP contribution >= 0.6 is 0 Å². The summed E-state index contributed by atoms with van der Waals surface area (Å²) in [7, 11) is 0. The van der Waals surface area contributed by atoms with Crippen LogP contribution in [0.4, 0.5) is 11.4 Å². The summed E-state index contributed by atoms with van der Waals surface area (Å²) in [4.78, 5) is 10.6. The molecule has 0 radical (unpaired) electrons. The number of nitrogens with one attached hydrogen (secondary N) is 1. The number of rotatable bonds is 7. The lowest BCUT2D eigenvalue weighted by Gasteiger charge is -2.17. The van der Waals surface area contributed by atoms with Crippen LogP contribution in [0.3, 0.4) is 0 Å². The van der Waals surface area contributed by atoms with E-state index in [0.29, 0.717) is 17.6 Å². The van der Waals surface area contributed by atoms with Gasteiger partial charge in [0.1, 0.15) is 0 Å². The fourth-order valence-corrected chi connectivity index (χ4v) is 1.64. The lowest BCUT2D eigenvalue weighted by Crippen LogP contribution is -2.16. The first-order chi connectivity index (χ1) is 9.31. The number of hydrogen-bond acceptors (Lipinski definition) is 4. The van der Waals surface area contributed by atoms with Crippen molar-refractivity contribution in [3.8, 4) is 5.75 Å². The highest BCUT2D eigenvalue weighted by Crippen LogP contribution is 2.31. The molecule has 1 aromatic carbocycles. The van der Waals surface area contributed by atoms with Crippen LogP contribution in [-0.4, -0.2) is 17.6 Å². The summed E-state index contributed by atoms with van der Waals surface area (Å²) < 4.78 is 5.52. The van der Waals surface area contributed by atoms with Gasteiger partial charge in [0, 0.05) is 24.4 Å². The third-order valence-electron chi connectivity index (χ3n) is 3.29. The molecule has 0 aromatic heterocycles. The van der Waals surface area contributed by atoms with Crippen LogP contribution in [0.15, 0.2) is 18.2 Å². The lowest BCUT2D eigenvalue weighted by atomic mass is 9.98. The number of nitro groups is 1. The molecule has 1 N–H and O–H groups in total. The highest BCUT2D eigenvalue weighted by Gasteiger charge is 2.17. The molecule has 20 heavy (non-hydrogen) atoms. The van der Waals surface area contributed by atoms with Gasteiger partial charge in [-0.3, -0.25) is 10.1 Å². The largest absolute Gasteiger partial charge is 0.484 e. The second-order valence-corrected chi connectivity index (χ2v) is 5.71. The molecule has 0 bridgehead atoms. The SMILES string of the molecule is CC(C)Oc1cc(NCC(C)C(C)C)ccc1[N+](=O)[O-].